The van der Waals surface area contributed by atoms with Crippen LogP contribution in [0.4, 0.5) is 5.69 Å². The van der Waals surface area contributed by atoms with Crippen LogP contribution in [0.2, 0.25) is 0 Å². The van der Waals surface area contributed by atoms with Crippen LogP contribution >= 0.6 is 12.6 Å². The first-order chi connectivity index (χ1) is 9.06. The molecule has 0 saturated carbocycles. The number of carbonyl (C=O) groups excluding carboxylic acids is 2. The number of rotatable bonds is 7. The maximum absolute atomic E-state index is 12.4. The Morgan fingerprint density at radius 1 is 1.21 bits per heavy atom. The summed E-state index contributed by atoms with van der Waals surface area (Å²) in [4.78, 5) is 24.3. The average molecular weight is 279 g/mol. The number of anilines is 1. The average Bonchev–Trinajstić information content (AvgIpc) is 2.41. The Hall–Kier alpha value is -1.29. The van der Waals surface area contributed by atoms with E-state index in [9.17, 15) is 9.59 Å². The molecule has 1 unspecified atom stereocenters. The van der Waals surface area contributed by atoms with E-state index in [0.717, 1.165) is 12.8 Å². The zero-order chi connectivity index (χ0) is 14.3. The Kier molecular flexibility index (Phi) is 6.09. The molecule has 1 aromatic rings. The number of benzene rings is 1. The molecule has 0 aliphatic heterocycles. The van der Waals surface area contributed by atoms with Crippen LogP contribution in [0.25, 0.3) is 0 Å². The molecule has 0 aromatic heterocycles. The number of thiol groups is 1. The highest BCUT2D eigenvalue weighted by molar-refractivity contribution is 7.96. The highest BCUT2D eigenvalue weighted by atomic mass is 32.1. The van der Waals surface area contributed by atoms with E-state index in [4.69, 9.17) is 0 Å². The van der Waals surface area contributed by atoms with Crippen molar-refractivity contribution in [1.29, 1.82) is 0 Å². The zero-order valence-corrected chi connectivity index (χ0v) is 12.4. The maximum Gasteiger partial charge on any atom is 0.238 e. The van der Waals surface area contributed by atoms with Crippen molar-refractivity contribution in [3.05, 3.63) is 30.3 Å². The lowest BCUT2D eigenvalue weighted by molar-refractivity contribution is -0.134. The quantitative estimate of drug-likeness (QED) is 0.591. The van der Waals surface area contributed by atoms with Crippen molar-refractivity contribution in [2.75, 3.05) is 5.32 Å². The summed E-state index contributed by atoms with van der Waals surface area (Å²) in [5.41, 5.74) is -0.314. The summed E-state index contributed by atoms with van der Waals surface area (Å²) in [7, 11) is 0. The van der Waals surface area contributed by atoms with Gasteiger partial charge in [0, 0.05) is 5.69 Å². The summed E-state index contributed by atoms with van der Waals surface area (Å²) in [5.74, 6) is -0.255. The third kappa shape index (κ3) is 3.83. The third-order valence-corrected chi connectivity index (χ3v) is 3.86. The van der Waals surface area contributed by atoms with Crippen molar-refractivity contribution in [2.24, 2.45) is 5.41 Å². The second kappa shape index (κ2) is 7.34. The Labute approximate surface area is 120 Å². The summed E-state index contributed by atoms with van der Waals surface area (Å²) in [6, 6.07) is 9.18. The topological polar surface area (TPSA) is 46.2 Å². The minimum atomic E-state index is -1.02. The molecule has 3 nitrogen and oxygen atoms in total. The van der Waals surface area contributed by atoms with E-state index < -0.39 is 5.41 Å². The molecule has 0 radical (unpaired) electrons. The molecule has 4 heteroatoms. The predicted octanol–water partition coefficient (Wildman–Crippen LogP) is 3.67. The van der Waals surface area contributed by atoms with Gasteiger partial charge in [0.1, 0.15) is 5.41 Å². The smallest absolute Gasteiger partial charge is 0.238 e. The standard InChI is InChI=1S/C15H21NO2S/c1-3-5-11-15(4-2,14(18)19)13(17)16-12-9-7-6-8-10-12/h6-10H,3-5,11H2,1-2H3,(H,16,17)(H,18,19). The molecule has 1 aromatic carbocycles. The number of carbonyl (C=O) groups is 2. The van der Waals surface area contributed by atoms with Crippen molar-refractivity contribution in [2.45, 2.75) is 39.5 Å². The molecule has 1 atom stereocenters. The summed E-state index contributed by atoms with van der Waals surface area (Å²) in [6.45, 7) is 3.90. The van der Waals surface area contributed by atoms with Crippen molar-refractivity contribution < 1.29 is 9.59 Å². The van der Waals surface area contributed by atoms with Gasteiger partial charge in [-0.3, -0.25) is 9.59 Å². The summed E-state index contributed by atoms with van der Waals surface area (Å²) >= 11 is 3.94. The van der Waals surface area contributed by atoms with Gasteiger partial charge in [-0.25, -0.2) is 0 Å². The molecular weight excluding hydrogens is 258 g/mol. The molecule has 1 rings (SSSR count). The fourth-order valence-electron chi connectivity index (χ4n) is 2.06. The lowest BCUT2D eigenvalue weighted by Gasteiger charge is -2.28. The van der Waals surface area contributed by atoms with Gasteiger partial charge in [-0.15, -0.1) is 12.6 Å². The Bertz CT molecular complexity index is 433. The van der Waals surface area contributed by atoms with Crippen molar-refractivity contribution >= 4 is 29.3 Å². The van der Waals surface area contributed by atoms with Crippen LogP contribution in [0.1, 0.15) is 39.5 Å². The van der Waals surface area contributed by atoms with Gasteiger partial charge in [0.05, 0.1) is 0 Å². The summed E-state index contributed by atoms with van der Waals surface area (Å²) in [5, 5.41) is 2.47. The molecule has 0 spiro atoms. The molecule has 1 N–H and O–H groups in total. The van der Waals surface area contributed by atoms with E-state index in [1.54, 1.807) is 12.1 Å². The van der Waals surface area contributed by atoms with Crippen LogP contribution in [0.15, 0.2) is 30.3 Å². The van der Waals surface area contributed by atoms with Crippen LogP contribution in [0.3, 0.4) is 0 Å². The molecule has 1 amide bonds. The monoisotopic (exact) mass is 279 g/mol. The first kappa shape index (κ1) is 15.8. The summed E-state index contributed by atoms with van der Waals surface area (Å²) in [6.07, 6.45) is 2.79. The van der Waals surface area contributed by atoms with Gasteiger partial charge in [0.2, 0.25) is 11.0 Å². The van der Waals surface area contributed by atoms with Crippen molar-refractivity contribution in [3.63, 3.8) is 0 Å². The lowest BCUT2D eigenvalue weighted by atomic mass is 9.80. The Morgan fingerprint density at radius 2 is 1.84 bits per heavy atom. The van der Waals surface area contributed by atoms with Crippen LogP contribution in [-0.2, 0) is 9.59 Å². The number of hydrogen-bond donors (Lipinski definition) is 2. The Morgan fingerprint density at radius 3 is 2.32 bits per heavy atom. The van der Waals surface area contributed by atoms with E-state index in [0.29, 0.717) is 18.5 Å². The fraction of sp³-hybridized carbons (Fsp3) is 0.467. The molecule has 0 aliphatic carbocycles. The van der Waals surface area contributed by atoms with Gasteiger partial charge in [-0.1, -0.05) is 44.9 Å². The number of amides is 1. The van der Waals surface area contributed by atoms with E-state index in [-0.39, 0.29) is 11.0 Å². The second-order valence-corrected chi connectivity index (χ2v) is 5.07. The van der Waals surface area contributed by atoms with E-state index in [1.165, 1.54) is 0 Å². The molecule has 0 bridgehead atoms. The molecule has 0 saturated heterocycles. The highest BCUT2D eigenvalue weighted by Gasteiger charge is 2.41. The molecule has 0 aliphatic rings. The number of para-hydroxylation sites is 1. The molecule has 0 heterocycles. The zero-order valence-electron chi connectivity index (χ0n) is 11.5. The third-order valence-electron chi connectivity index (χ3n) is 3.44. The van der Waals surface area contributed by atoms with Crippen LogP contribution < -0.4 is 5.32 Å². The lowest BCUT2D eigenvalue weighted by Crippen LogP contribution is -2.40. The molecule has 0 fully saturated rings. The highest BCUT2D eigenvalue weighted by Crippen LogP contribution is 2.33. The SMILES string of the molecule is CCCCC(CC)(C(=O)S)C(=O)Nc1ccccc1. The first-order valence-corrected chi connectivity index (χ1v) is 7.11. The number of hydrogen-bond acceptors (Lipinski definition) is 2. The van der Waals surface area contributed by atoms with Gasteiger partial charge in [-0.05, 0) is 25.0 Å². The van der Waals surface area contributed by atoms with Gasteiger partial charge in [-0.2, -0.15) is 0 Å². The van der Waals surface area contributed by atoms with Crippen LogP contribution in [0, 0.1) is 5.41 Å². The van der Waals surface area contributed by atoms with E-state index in [2.05, 4.69) is 17.9 Å². The van der Waals surface area contributed by atoms with Gasteiger partial charge >= 0.3 is 0 Å². The largest absolute Gasteiger partial charge is 0.325 e. The molecular formula is C15H21NO2S. The Balaban J connectivity index is 2.91. The van der Waals surface area contributed by atoms with Crippen LogP contribution in [-0.4, -0.2) is 11.0 Å². The van der Waals surface area contributed by atoms with E-state index in [1.807, 2.05) is 32.0 Å². The predicted molar refractivity (Wildman–Crippen MR) is 81.3 cm³/mol. The first-order valence-electron chi connectivity index (χ1n) is 6.66. The molecule has 104 valence electrons. The second-order valence-electron chi connectivity index (χ2n) is 4.66. The van der Waals surface area contributed by atoms with Gasteiger partial charge in [0.25, 0.3) is 0 Å². The molecule has 19 heavy (non-hydrogen) atoms. The van der Waals surface area contributed by atoms with Crippen molar-refractivity contribution in [1.82, 2.24) is 0 Å². The normalized spacial score (nSPS) is 13.6. The maximum atomic E-state index is 12.4. The van der Waals surface area contributed by atoms with E-state index >= 15 is 0 Å². The van der Waals surface area contributed by atoms with Crippen LogP contribution in [0.5, 0.6) is 0 Å². The van der Waals surface area contributed by atoms with Crippen molar-refractivity contribution in [3.8, 4) is 0 Å². The van der Waals surface area contributed by atoms with Gasteiger partial charge < -0.3 is 5.32 Å². The minimum absolute atomic E-state index is 0.255. The number of unbranched alkanes of at least 4 members (excludes halogenated alkanes) is 1. The van der Waals surface area contributed by atoms with Gasteiger partial charge in [0.15, 0.2) is 0 Å². The number of nitrogens with one attached hydrogen (secondary N) is 1. The fourth-order valence-corrected chi connectivity index (χ4v) is 2.43. The minimum Gasteiger partial charge on any atom is -0.325 e. The summed E-state index contributed by atoms with van der Waals surface area (Å²) < 4.78 is 0.